The Morgan fingerprint density at radius 3 is 2.74 bits per heavy atom. The van der Waals surface area contributed by atoms with Gasteiger partial charge in [-0.2, -0.15) is 18.7 Å². The average molecular weight is 535 g/mol. The Kier molecular flexibility index (Phi) is 6.74. The number of hydrogen-bond acceptors (Lipinski definition) is 7. The standard InChI is InChI=1S/C26H29F3N4O5/c1-16-25(9-8-20(12-25)31(2)15-34)38-30-13-18-10-19(26(27,28)29)11-21-22(18)32(16)23(35)33(21)24(36)37-14-17-6-4-3-5-7-17/h3-7,10-11,15-16,20,23,30,35H,8-9,12-14H2,1-2H3. The molecule has 2 N–H and O–H groups in total. The van der Waals surface area contributed by atoms with Crippen LogP contribution in [0, 0.1) is 0 Å². The van der Waals surface area contributed by atoms with Crippen LogP contribution in [-0.4, -0.2) is 53.6 Å². The van der Waals surface area contributed by atoms with Crippen molar-refractivity contribution < 1.29 is 37.4 Å². The molecule has 4 unspecified atom stereocenters. The molecule has 9 nitrogen and oxygen atoms in total. The van der Waals surface area contributed by atoms with E-state index in [0.717, 1.165) is 23.4 Å². The number of ether oxygens (including phenoxy) is 1. The highest BCUT2D eigenvalue weighted by atomic mass is 19.4. The number of rotatable bonds is 4. The van der Waals surface area contributed by atoms with Crippen molar-refractivity contribution in [2.75, 3.05) is 16.8 Å². The van der Waals surface area contributed by atoms with E-state index in [1.165, 1.54) is 4.90 Å². The van der Waals surface area contributed by atoms with Crippen LogP contribution in [0.1, 0.15) is 42.9 Å². The van der Waals surface area contributed by atoms with E-state index in [1.807, 2.05) is 0 Å². The summed E-state index contributed by atoms with van der Waals surface area (Å²) in [6.45, 7) is 1.59. The quantitative estimate of drug-likeness (QED) is 0.577. The molecule has 2 aromatic carbocycles. The number of anilines is 2. The molecule has 5 rings (SSSR count). The summed E-state index contributed by atoms with van der Waals surface area (Å²) >= 11 is 0. The fraction of sp³-hybridized carbons (Fsp3) is 0.462. The topological polar surface area (TPSA) is 94.6 Å². The summed E-state index contributed by atoms with van der Waals surface area (Å²) in [6, 6.07) is 10.0. The van der Waals surface area contributed by atoms with Crippen LogP contribution in [-0.2, 0) is 33.7 Å². The Morgan fingerprint density at radius 1 is 1.32 bits per heavy atom. The monoisotopic (exact) mass is 534 g/mol. The second-order valence-electron chi connectivity index (χ2n) is 10.00. The van der Waals surface area contributed by atoms with Crippen molar-refractivity contribution in [3.05, 3.63) is 59.2 Å². The number of benzene rings is 2. The molecule has 1 fully saturated rings. The summed E-state index contributed by atoms with van der Waals surface area (Å²) in [4.78, 5) is 34.7. The van der Waals surface area contributed by atoms with Gasteiger partial charge in [-0.25, -0.2) is 9.69 Å². The molecule has 1 spiro atoms. The van der Waals surface area contributed by atoms with Crippen molar-refractivity contribution in [3.63, 3.8) is 0 Å². The Hall–Kier alpha value is -3.35. The number of aliphatic hydroxyl groups excluding tert-OH is 1. The molecule has 2 aromatic rings. The second kappa shape index (κ2) is 9.75. The highest BCUT2D eigenvalue weighted by Gasteiger charge is 2.54. The Balaban J connectivity index is 1.54. The van der Waals surface area contributed by atoms with Crippen LogP contribution in [0.25, 0.3) is 0 Å². The summed E-state index contributed by atoms with van der Waals surface area (Å²) in [5, 5.41) is 11.5. The molecule has 2 aliphatic heterocycles. The predicted octanol–water partition coefficient (Wildman–Crippen LogP) is 3.75. The van der Waals surface area contributed by atoms with Crippen LogP contribution in [0.3, 0.4) is 0 Å². The molecule has 12 heteroatoms. The number of hydroxylamine groups is 1. The van der Waals surface area contributed by atoms with Crippen molar-refractivity contribution >= 4 is 23.9 Å². The molecule has 3 aliphatic rings. The minimum Gasteiger partial charge on any atom is -0.444 e. The number of hydrogen-bond donors (Lipinski definition) is 2. The summed E-state index contributed by atoms with van der Waals surface area (Å²) in [5.74, 6) is 0. The van der Waals surface area contributed by atoms with Gasteiger partial charge in [0.05, 0.1) is 23.0 Å². The molecule has 204 valence electrons. The minimum atomic E-state index is -4.68. The van der Waals surface area contributed by atoms with Gasteiger partial charge in [0, 0.05) is 26.1 Å². The molecule has 38 heavy (non-hydrogen) atoms. The Bertz CT molecular complexity index is 1210. The number of nitrogens with zero attached hydrogens (tertiary/aromatic N) is 3. The van der Waals surface area contributed by atoms with Gasteiger partial charge in [-0.3, -0.25) is 9.63 Å². The van der Waals surface area contributed by atoms with Crippen LogP contribution in [0.2, 0.25) is 0 Å². The molecule has 0 aromatic heterocycles. The largest absolute Gasteiger partial charge is 0.444 e. The summed E-state index contributed by atoms with van der Waals surface area (Å²) in [7, 11) is 1.68. The van der Waals surface area contributed by atoms with E-state index >= 15 is 0 Å². The van der Waals surface area contributed by atoms with Gasteiger partial charge in [-0.15, -0.1) is 0 Å². The zero-order chi connectivity index (χ0) is 27.2. The molecule has 1 saturated carbocycles. The zero-order valence-electron chi connectivity index (χ0n) is 20.9. The summed E-state index contributed by atoms with van der Waals surface area (Å²) < 4.78 is 46.9. The lowest BCUT2D eigenvalue weighted by Crippen LogP contribution is -2.60. The lowest BCUT2D eigenvalue weighted by Gasteiger charge is -2.44. The molecule has 0 saturated heterocycles. The number of aliphatic hydroxyl groups is 1. The van der Waals surface area contributed by atoms with Crippen molar-refractivity contribution in [1.82, 2.24) is 10.4 Å². The normalized spacial score (nSPS) is 26.6. The molecular formula is C26H29F3N4O5. The van der Waals surface area contributed by atoms with E-state index in [0.29, 0.717) is 30.5 Å². The van der Waals surface area contributed by atoms with Gasteiger partial charge >= 0.3 is 12.3 Å². The number of nitrogens with one attached hydrogen (secondary N) is 1. The molecule has 1 aliphatic carbocycles. The van der Waals surface area contributed by atoms with Gasteiger partial charge in [0.1, 0.15) is 12.2 Å². The second-order valence-corrected chi connectivity index (χ2v) is 10.00. The van der Waals surface area contributed by atoms with E-state index in [9.17, 15) is 27.9 Å². The third-order valence-corrected chi connectivity index (χ3v) is 7.84. The lowest BCUT2D eigenvalue weighted by atomic mass is 9.90. The van der Waals surface area contributed by atoms with E-state index in [2.05, 4.69) is 5.48 Å². The summed E-state index contributed by atoms with van der Waals surface area (Å²) in [5.41, 5.74) is 2.10. The fourth-order valence-corrected chi connectivity index (χ4v) is 5.71. The highest BCUT2D eigenvalue weighted by molar-refractivity contribution is 5.98. The SMILES string of the molecule is CC1N2c3c(cc(C(F)(F)F)cc3N(C(=O)OCc3ccccc3)C2O)CNOC12CCC(N(C)C=O)C2. The third-order valence-electron chi connectivity index (χ3n) is 7.84. The smallest absolute Gasteiger partial charge is 0.418 e. The maximum Gasteiger partial charge on any atom is 0.418 e. The van der Waals surface area contributed by atoms with Crippen molar-refractivity contribution in [2.24, 2.45) is 0 Å². The number of alkyl halides is 3. The number of carbonyl (C=O) groups excluding carboxylic acids is 2. The predicted molar refractivity (Wildman–Crippen MR) is 131 cm³/mol. The first-order valence-corrected chi connectivity index (χ1v) is 12.3. The van der Waals surface area contributed by atoms with Crippen molar-refractivity contribution in [1.29, 1.82) is 0 Å². The first-order chi connectivity index (χ1) is 18.1. The van der Waals surface area contributed by atoms with Gasteiger partial charge in [-0.1, -0.05) is 30.3 Å². The van der Waals surface area contributed by atoms with E-state index in [1.54, 1.807) is 49.2 Å². The minimum absolute atomic E-state index is 0.0920. The maximum absolute atomic E-state index is 13.8. The van der Waals surface area contributed by atoms with E-state index in [4.69, 9.17) is 9.57 Å². The van der Waals surface area contributed by atoms with Crippen LogP contribution >= 0.6 is 0 Å². The van der Waals surface area contributed by atoms with E-state index < -0.39 is 35.8 Å². The molecule has 2 amide bonds. The van der Waals surface area contributed by atoms with Gasteiger partial charge in [0.2, 0.25) is 12.8 Å². The maximum atomic E-state index is 13.8. The van der Waals surface area contributed by atoms with Gasteiger partial charge < -0.3 is 19.6 Å². The van der Waals surface area contributed by atoms with Gasteiger partial charge in [-0.05, 0) is 43.0 Å². The van der Waals surface area contributed by atoms with Crippen LogP contribution < -0.4 is 15.3 Å². The Morgan fingerprint density at radius 2 is 2.05 bits per heavy atom. The van der Waals surface area contributed by atoms with Gasteiger partial charge in [0.25, 0.3) is 0 Å². The average Bonchev–Trinajstić information content (AvgIpc) is 3.45. The molecule has 0 bridgehead atoms. The van der Waals surface area contributed by atoms with Gasteiger partial charge in [0.15, 0.2) is 0 Å². The third kappa shape index (κ3) is 4.46. The summed E-state index contributed by atoms with van der Waals surface area (Å²) in [6.07, 6.45) is -4.95. The number of halogens is 3. The molecule has 4 atom stereocenters. The Labute approximate surface area is 217 Å². The molecular weight excluding hydrogens is 505 g/mol. The molecule has 0 radical (unpaired) electrons. The number of amides is 2. The number of carbonyl (C=O) groups is 2. The first-order valence-electron chi connectivity index (χ1n) is 12.3. The fourth-order valence-electron chi connectivity index (χ4n) is 5.71. The van der Waals surface area contributed by atoms with Crippen molar-refractivity contribution in [2.45, 2.75) is 69.6 Å². The van der Waals surface area contributed by atoms with Crippen LogP contribution in [0.4, 0.5) is 29.3 Å². The first kappa shape index (κ1) is 26.3. The van der Waals surface area contributed by atoms with Crippen LogP contribution in [0.5, 0.6) is 0 Å². The van der Waals surface area contributed by atoms with E-state index in [-0.39, 0.29) is 30.4 Å². The lowest BCUT2D eigenvalue weighted by molar-refractivity contribution is -0.138. The molecule has 2 heterocycles. The van der Waals surface area contributed by atoms with Crippen molar-refractivity contribution in [3.8, 4) is 0 Å². The highest BCUT2D eigenvalue weighted by Crippen LogP contribution is 2.51. The zero-order valence-corrected chi connectivity index (χ0v) is 20.9. The van der Waals surface area contributed by atoms with Crippen LogP contribution in [0.15, 0.2) is 42.5 Å².